The summed E-state index contributed by atoms with van der Waals surface area (Å²) in [4.78, 5) is 43.4. The van der Waals surface area contributed by atoms with Gasteiger partial charge in [-0.25, -0.2) is 4.79 Å². The molecule has 8 heteroatoms. The lowest BCUT2D eigenvalue weighted by atomic mass is 10.1. The fraction of sp³-hybridized carbons (Fsp3) is 0.238. The lowest BCUT2D eigenvalue weighted by molar-refractivity contribution is 0.0606. The summed E-state index contributed by atoms with van der Waals surface area (Å²) in [5.41, 5.74) is 1.59. The third kappa shape index (κ3) is 3.47. The van der Waals surface area contributed by atoms with E-state index in [1.54, 1.807) is 23.1 Å². The molecular weight excluding hydrogens is 390 g/mol. The zero-order chi connectivity index (χ0) is 20.5. The van der Waals surface area contributed by atoms with Crippen molar-refractivity contribution in [3.63, 3.8) is 0 Å². The molecule has 2 aromatic heterocycles. The van der Waals surface area contributed by atoms with E-state index in [9.17, 15) is 14.4 Å². The number of carbonyl (C=O) groups is 2. The Bertz CT molecular complexity index is 1210. The van der Waals surface area contributed by atoms with Gasteiger partial charge in [-0.2, -0.15) is 4.98 Å². The Morgan fingerprint density at radius 2 is 1.90 bits per heavy atom. The number of aromatic nitrogens is 2. The molecule has 1 aromatic carbocycles. The average molecular weight is 409 g/mol. The average Bonchev–Trinajstić information content (AvgIpc) is 3.23. The molecule has 0 aliphatic carbocycles. The van der Waals surface area contributed by atoms with Crippen molar-refractivity contribution >= 4 is 39.8 Å². The first-order chi connectivity index (χ1) is 14.0. The van der Waals surface area contributed by atoms with Crippen molar-refractivity contribution in [2.24, 2.45) is 0 Å². The molecule has 0 fully saturated rings. The smallest absolute Gasteiger partial charge is 0.348 e. The molecule has 0 saturated carbocycles. The van der Waals surface area contributed by atoms with Gasteiger partial charge >= 0.3 is 5.97 Å². The fourth-order valence-corrected chi connectivity index (χ4v) is 4.40. The zero-order valence-corrected chi connectivity index (χ0v) is 16.9. The van der Waals surface area contributed by atoms with Crippen molar-refractivity contribution in [2.75, 3.05) is 20.2 Å². The van der Waals surface area contributed by atoms with E-state index in [0.29, 0.717) is 40.5 Å². The number of methoxy groups -OCH3 is 1. The highest BCUT2D eigenvalue weighted by atomic mass is 32.1. The maximum Gasteiger partial charge on any atom is 0.348 e. The third-order valence-corrected chi connectivity index (χ3v) is 5.98. The van der Waals surface area contributed by atoms with Crippen LogP contribution in [0.15, 0.2) is 47.3 Å². The second-order valence-corrected chi connectivity index (χ2v) is 7.75. The minimum Gasteiger partial charge on any atom is -0.465 e. The molecule has 29 heavy (non-hydrogen) atoms. The molecule has 0 N–H and O–H groups in total. The second-order valence-electron chi connectivity index (χ2n) is 6.67. The summed E-state index contributed by atoms with van der Waals surface area (Å²) in [6.45, 7) is 2.79. The molecule has 1 aliphatic heterocycles. The highest BCUT2D eigenvalue weighted by molar-refractivity contribution is 7.15. The van der Waals surface area contributed by atoms with Gasteiger partial charge in [-0.05, 0) is 37.3 Å². The van der Waals surface area contributed by atoms with Crippen LogP contribution in [0.5, 0.6) is 0 Å². The van der Waals surface area contributed by atoms with Crippen molar-refractivity contribution in [3.8, 4) is 0 Å². The van der Waals surface area contributed by atoms with Crippen molar-refractivity contribution in [3.05, 3.63) is 68.4 Å². The van der Waals surface area contributed by atoms with Crippen LogP contribution in [-0.4, -0.2) is 46.5 Å². The highest BCUT2D eigenvalue weighted by Gasteiger charge is 2.23. The highest BCUT2D eigenvalue weighted by Crippen LogP contribution is 2.25. The van der Waals surface area contributed by atoms with Crippen molar-refractivity contribution in [2.45, 2.75) is 13.3 Å². The third-order valence-electron chi connectivity index (χ3n) is 4.93. The van der Waals surface area contributed by atoms with Gasteiger partial charge in [0.25, 0.3) is 11.5 Å². The van der Waals surface area contributed by atoms with Gasteiger partial charge in [-0.15, -0.1) is 11.3 Å². The van der Waals surface area contributed by atoms with E-state index in [-0.39, 0.29) is 11.5 Å². The number of benzene rings is 1. The van der Waals surface area contributed by atoms with Crippen LogP contribution in [0.2, 0.25) is 0 Å². The number of nitrogens with zero attached hydrogens (tertiary/aromatic N) is 3. The number of rotatable bonds is 3. The maximum absolute atomic E-state index is 12.8. The molecule has 0 radical (unpaired) electrons. The molecule has 3 heterocycles. The summed E-state index contributed by atoms with van der Waals surface area (Å²) in [5.74, 6) is 0.0729. The molecule has 3 aromatic rings. The van der Waals surface area contributed by atoms with Gasteiger partial charge in [-0.1, -0.05) is 12.1 Å². The van der Waals surface area contributed by atoms with Gasteiger partial charge in [0.1, 0.15) is 10.7 Å². The Morgan fingerprint density at radius 3 is 2.62 bits per heavy atom. The number of aryl methyl sites for hydroxylation is 1. The van der Waals surface area contributed by atoms with Gasteiger partial charge in [0.05, 0.1) is 22.9 Å². The summed E-state index contributed by atoms with van der Waals surface area (Å²) < 4.78 is 6.68. The van der Waals surface area contributed by atoms with Crippen molar-refractivity contribution < 1.29 is 14.3 Å². The molecule has 1 amide bonds. The lowest BCUT2D eigenvalue weighted by Gasteiger charge is -2.28. The first-order valence-electron chi connectivity index (χ1n) is 9.15. The van der Waals surface area contributed by atoms with Crippen LogP contribution in [0.25, 0.3) is 16.6 Å². The number of esters is 1. The van der Waals surface area contributed by atoms with Gasteiger partial charge < -0.3 is 14.2 Å². The monoisotopic (exact) mass is 409 g/mol. The molecule has 0 unspecified atom stereocenters. The van der Waals surface area contributed by atoms with E-state index in [2.05, 4.69) is 4.98 Å². The van der Waals surface area contributed by atoms with Crippen LogP contribution in [0, 0.1) is 6.92 Å². The Morgan fingerprint density at radius 1 is 1.14 bits per heavy atom. The first kappa shape index (κ1) is 19.1. The number of hydrogen-bond donors (Lipinski definition) is 0. The summed E-state index contributed by atoms with van der Waals surface area (Å²) >= 11 is 1.13. The van der Waals surface area contributed by atoms with Crippen LogP contribution in [0.1, 0.15) is 31.6 Å². The van der Waals surface area contributed by atoms with Gasteiger partial charge in [-0.3, -0.25) is 9.59 Å². The molecule has 4 rings (SSSR count). The molecule has 148 valence electrons. The minimum absolute atomic E-state index is 0.111. The summed E-state index contributed by atoms with van der Waals surface area (Å²) in [7, 11) is 1.32. The van der Waals surface area contributed by atoms with E-state index >= 15 is 0 Å². The van der Waals surface area contributed by atoms with Crippen molar-refractivity contribution in [1.82, 2.24) is 14.5 Å². The SMILES string of the molecule is COC(=O)c1ccc(C(=O)N2CC=C(n3c(C)nc(=O)c4ccccc43)CC2)s1. The van der Waals surface area contributed by atoms with E-state index in [1.807, 2.05) is 35.8 Å². The predicted octanol–water partition coefficient (Wildman–Crippen LogP) is 2.94. The first-order valence-corrected chi connectivity index (χ1v) is 9.96. The standard InChI is InChI=1S/C21H19N3O4S/c1-13-22-19(25)15-5-3-4-6-16(15)24(13)14-9-11-23(12-10-14)20(26)17-7-8-18(29-17)21(27)28-2/h3-9H,10-12H2,1-2H3. The number of para-hydroxylation sites is 1. The van der Waals surface area contributed by atoms with Crippen LogP contribution < -0.4 is 5.56 Å². The van der Waals surface area contributed by atoms with Crippen LogP contribution in [-0.2, 0) is 4.74 Å². The number of carbonyl (C=O) groups excluding carboxylic acids is 2. The van der Waals surface area contributed by atoms with E-state index in [0.717, 1.165) is 22.6 Å². The second kappa shape index (κ2) is 7.63. The fourth-order valence-electron chi connectivity index (χ4n) is 3.51. The lowest BCUT2D eigenvalue weighted by Crippen LogP contribution is -2.35. The van der Waals surface area contributed by atoms with Crippen LogP contribution in [0.3, 0.4) is 0 Å². The normalized spacial score (nSPS) is 14.0. The van der Waals surface area contributed by atoms with Crippen molar-refractivity contribution in [1.29, 1.82) is 0 Å². The molecule has 0 spiro atoms. The molecule has 0 atom stereocenters. The molecule has 7 nitrogen and oxygen atoms in total. The Kier molecular flexibility index (Phi) is 5.02. The van der Waals surface area contributed by atoms with E-state index < -0.39 is 5.97 Å². The maximum atomic E-state index is 12.8. The number of fused-ring (bicyclic) bond motifs is 1. The van der Waals surface area contributed by atoms with Gasteiger partial charge in [0.2, 0.25) is 0 Å². The topological polar surface area (TPSA) is 81.5 Å². The largest absolute Gasteiger partial charge is 0.465 e. The zero-order valence-electron chi connectivity index (χ0n) is 16.0. The summed E-state index contributed by atoms with van der Waals surface area (Å²) in [5, 5.41) is 0.575. The molecule has 1 aliphatic rings. The van der Waals surface area contributed by atoms with E-state index in [1.165, 1.54) is 7.11 Å². The van der Waals surface area contributed by atoms with E-state index in [4.69, 9.17) is 4.74 Å². The molecule has 0 saturated heterocycles. The number of hydrogen-bond acceptors (Lipinski definition) is 6. The molecule has 0 bridgehead atoms. The molecular formula is C21H19N3O4S. The Labute approximate surface area is 170 Å². The number of thiophene rings is 1. The minimum atomic E-state index is -0.442. The number of ether oxygens (including phenoxy) is 1. The number of amides is 1. The van der Waals surface area contributed by atoms with Crippen LogP contribution in [0.4, 0.5) is 0 Å². The summed E-state index contributed by atoms with van der Waals surface area (Å²) in [6, 6.07) is 10.7. The summed E-state index contributed by atoms with van der Waals surface area (Å²) in [6.07, 6.45) is 2.62. The quantitative estimate of drug-likeness (QED) is 0.621. The predicted molar refractivity (Wildman–Crippen MR) is 111 cm³/mol. The van der Waals surface area contributed by atoms with Gasteiger partial charge in [0.15, 0.2) is 0 Å². The Balaban J connectivity index is 1.60. The van der Waals surface area contributed by atoms with Gasteiger partial charge in [0, 0.05) is 25.2 Å². The Hall–Kier alpha value is -3.26. The van der Waals surface area contributed by atoms with Crippen LogP contribution >= 0.6 is 11.3 Å².